The van der Waals surface area contributed by atoms with Crippen molar-refractivity contribution in [3.63, 3.8) is 0 Å². The number of hydrogen-bond acceptors (Lipinski definition) is 4. The van der Waals surface area contributed by atoms with Crippen molar-refractivity contribution in [3.8, 4) is 5.69 Å². The van der Waals surface area contributed by atoms with Crippen LogP contribution in [-0.2, 0) is 11.3 Å². The fraction of sp³-hybridized carbons (Fsp3) is 0.292. The lowest BCUT2D eigenvalue weighted by Crippen LogP contribution is -2.50. The first kappa shape index (κ1) is 20.0. The molecule has 0 saturated carbocycles. The van der Waals surface area contributed by atoms with E-state index in [4.69, 9.17) is 0 Å². The number of amides is 1. The Bertz CT molecular complexity index is 1040. The predicted molar refractivity (Wildman–Crippen MR) is 116 cm³/mol. The molecule has 0 spiro atoms. The molecule has 1 aliphatic heterocycles. The second-order valence-corrected chi connectivity index (χ2v) is 7.68. The van der Waals surface area contributed by atoms with Crippen LogP contribution in [0.3, 0.4) is 0 Å². The van der Waals surface area contributed by atoms with Crippen LogP contribution in [0.4, 0.5) is 0 Å². The van der Waals surface area contributed by atoms with E-state index in [0.29, 0.717) is 30.0 Å². The summed E-state index contributed by atoms with van der Waals surface area (Å²) < 4.78 is 1.73. The molecule has 0 N–H and O–H groups in total. The van der Waals surface area contributed by atoms with Gasteiger partial charge in [-0.25, -0.2) is 4.68 Å². The van der Waals surface area contributed by atoms with Crippen molar-refractivity contribution in [2.24, 2.45) is 0 Å². The van der Waals surface area contributed by atoms with E-state index in [1.165, 1.54) is 5.56 Å². The van der Waals surface area contributed by atoms with Gasteiger partial charge in [0.05, 0.1) is 22.6 Å². The van der Waals surface area contributed by atoms with Gasteiger partial charge in [-0.1, -0.05) is 48.5 Å². The molecule has 2 heterocycles. The van der Waals surface area contributed by atoms with Crippen LogP contribution in [0.5, 0.6) is 0 Å². The van der Waals surface area contributed by atoms with E-state index in [-0.39, 0.29) is 0 Å². The van der Waals surface area contributed by atoms with Gasteiger partial charge in [-0.15, -0.1) is 0 Å². The zero-order valence-corrected chi connectivity index (χ0v) is 17.4. The van der Waals surface area contributed by atoms with Gasteiger partial charge in [0.1, 0.15) is 0 Å². The number of rotatable bonds is 5. The highest BCUT2D eigenvalue weighted by molar-refractivity contribution is 6.43. The third-order valence-corrected chi connectivity index (χ3v) is 5.62. The number of piperazine rings is 1. The maximum Gasteiger partial charge on any atom is 0.295 e. The van der Waals surface area contributed by atoms with Crippen LogP contribution in [0.1, 0.15) is 27.3 Å². The van der Waals surface area contributed by atoms with Crippen LogP contribution in [0, 0.1) is 13.8 Å². The summed E-state index contributed by atoms with van der Waals surface area (Å²) in [5.74, 6) is -0.906. The summed E-state index contributed by atoms with van der Waals surface area (Å²) >= 11 is 0. The van der Waals surface area contributed by atoms with Gasteiger partial charge < -0.3 is 4.90 Å². The van der Waals surface area contributed by atoms with Gasteiger partial charge in [-0.2, -0.15) is 5.10 Å². The smallest absolute Gasteiger partial charge is 0.295 e. The number of carbonyl (C=O) groups excluding carboxylic acids is 2. The number of nitrogens with zero attached hydrogens (tertiary/aromatic N) is 4. The summed E-state index contributed by atoms with van der Waals surface area (Å²) in [6.45, 7) is 7.11. The van der Waals surface area contributed by atoms with E-state index in [2.05, 4.69) is 22.1 Å². The van der Waals surface area contributed by atoms with Crippen LogP contribution >= 0.6 is 0 Å². The second kappa shape index (κ2) is 8.63. The average molecular weight is 402 g/mol. The molecular formula is C24H26N4O2. The van der Waals surface area contributed by atoms with Gasteiger partial charge in [0.15, 0.2) is 0 Å². The van der Waals surface area contributed by atoms with Crippen molar-refractivity contribution < 1.29 is 9.59 Å². The van der Waals surface area contributed by atoms with Gasteiger partial charge in [0.2, 0.25) is 0 Å². The minimum absolute atomic E-state index is 0.413. The summed E-state index contributed by atoms with van der Waals surface area (Å²) in [4.78, 5) is 30.0. The molecule has 154 valence electrons. The van der Waals surface area contributed by atoms with Crippen molar-refractivity contribution in [2.45, 2.75) is 20.4 Å². The molecule has 4 rings (SSSR count). The lowest BCUT2D eigenvalue weighted by atomic mass is 10.1. The Kier molecular flexibility index (Phi) is 5.77. The Labute approximate surface area is 176 Å². The SMILES string of the molecule is Cc1nn(-c2ccccc2)c(C)c1C(=O)C(=O)N1CCN(Cc2ccccc2)CC1. The van der Waals surface area contributed by atoms with Crippen LogP contribution in [0.2, 0.25) is 0 Å². The topological polar surface area (TPSA) is 58.4 Å². The van der Waals surface area contributed by atoms with E-state index >= 15 is 0 Å². The van der Waals surface area contributed by atoms with Crippen molar-refractivity contribution in [1.82, 2.24) is 19.6 Å². The molecule has 1 aromatic heterocycles. The first-order chi connectivity index (χ1) is 14.5. The van der Waals surface area contributed by atoms with Gasteiger partial charge in [-0.3, -0.25) is 14.5 Å². The fourth-order valence-electron chi connectivity index (χ4n) is 3.99. The third kappa shape index (κ3) is 4.04. The molecule has 1 amide bonds. The number of aryl methyl sites for hydroxylation is 1. The number of ketones is 1. The van der Waals surface area contributed by atoms with Crippen molar-refractivity contribution >= 4 is 11.7 Å². The first-order valence-electron chi connectivity index (χ1n) is 10.3. The van der Waals surface area contributed by atoms with E-state index < -0.39 is 11.7 Å². The Hall–Kier alpha value is -3.25. The molecule has 6 nitrogen and oxygen atoms in total. The molecule has 3 aromatic rings. The molecule has 0 atom stereocenters. The zero-order chi connectivity index (χ0) is 21.1. The Morgan fingerprint density at radius 2 is 1.47 bits per heavy atom. The lowest BCUT2D eigenvalue weighted by Gasteiger charge is -2.34. The molecule has 6 heteroatoms. The number of benzene rings is 2. The maximum absolute atomic E-state index is 13.0. The van der Waals surface area contributed by atoms with Gasteiger partial charge in [0.25, 0.3) is 11.7 Å². The van der Waals surface area contributed by atoms with Crippen molar-refractivity contribution in [2.75, 3.05) is 26.2 Å². The standard InChI is InChI=1S/C24H26N4O2/c1-18-22(19(2)28(25-18)21-11-7-4-8-12-21)23(29)24(30)27-15-13-26(14-16-27)17-20-9-5-3-6-10-20/h3-12H,13-17H2,1-2H3. The van der Waals surface area contributed by atoms with Crippen molar-refractivity contribution in [3.05, 3.63) is 83.2 Å². The maximum atomic E-state index is 13.0. The lowest BCUT2D eigenvalue weighted by molar-refractivity contribution is -0.128. The second-order valence-electron chi connectivity index (χ2n) is 7.68. The molecule has 1 aliphatic rings. The van der Waals surface area contributed by atoms with Crippen LogP contribution < -0.4 is 0 Å². The first-order valence-corrected chi connectivity index (χ1v) is 10.3. The Morgan fingerprint density at radius 1 is 0.867 bits per heavy atom. The van der Waals surface area contributed by atoms with E-state index in [9.17, 15) is 9.59 Å². The summed E-state index contributed by atoms with van der Waals surface area (Å²) in [6, 6.07) is 19.9. The van der Waals surface area contributed by atoms with Crippen LogP contribution in [0.25, 0.3) is 5.69 Å². The summed E-state index contributed by atoms with van der Waals surface area (Å²) in [7, 11) is 0. The molecule has 0 radical (unpaired) electrons. The molecule has 2 aromatic carbocycles. The van der Waals surface area contributed by atoms with E-state index in [1.54, 1.807) is 16.5 Å². The summed E-state index contributed by atoms with van der Waals surface area (Å²) in [5, 5.41) is 4.50. The number of hydrogen-bond donors (Lipinski definition) is 0. The number of carbonyl (C=O) groups is 2. The summed E-state index contributed by atoms with van der Waals surface area (Å²) in [5.41, 5.74) is 3.82. The molecule has 0 unspecified atom stereocenters. The molecular weight excluding hydrogens is 376 g/mol. The van der Waals surface area contributed by atoms with Crippen molar-refractivity contribution in [1.29, 1.82) is 0 Å². The van der Waals surface area contributed by atoms with E-state index in [1.807, 2.05) is 55.5 Å². The van der Waals surface area contributed by atoms with Gasteiger partial charge >= 0.3 is 0 Å². The Balaban J connectivity index is 1.43. The number of Topliss-reactive ketones (excluding diaryl/α,β-unsaturated/α-hetero) is 1. The Morgan fingerprint density at radius 3 is 2.10 bits per heavy atom. The predicted octanol–water partition coefficient (Wildman–Crippen LogP) is 3.02. The van der Waals surface area contributed by atoms with Crippen LogP contribution in [-0.4, -0.2) is 57.4 Å². The molecule has 30 heavy (non-hydrogen) atoms. The minimum atomic E-state index is -0.469. The van der Waals surface area contributed by atoms with E-state index in [0.717, 1.165) is 25.3 Å². The minimum Gasteiger partial charge on any atom is -0.333 e. The molecule has 0 aliphatic carbocycles. The third-order valence-electron chi connectivity index (χ3n) is 5.62. The zero-order valence-electron chi connectivity index (χ0n) is 17.4. The summed E-state index contributed by atoms with van der Waals surface area (Å²) in [6.07, 6.45) is 0. The highest BCUT2D eigenvalue weighted by Crippen LogP contribution is 2.20. The quantitative estimate of drug-likeness (QED) is 0.486. The number of aromatic nitrogens is 2. The number of para-hydroxylation sites is 1. The molecule has 1 saturated heterocycles. The normalized spacial score (nSPS) is 14.7. The monoisotopic (exact) mass is 402 g/mol. The average Bonchev–Trinajstić information content (AvgIpc) is 3.08. The highest BCUT2D eigenvalue weighted by Gasteiger charge is 2.30. The fourth-order valence-corrected chi connectivity index (χ4v) is 3.99. The van der Waals surface area contributed by atoms with Gasteiger partial charge in [-0.05, 0) is 31.5 Å². The van der Waals surface area contributed by atoms with Gasteiger partial charge in [0, 0.05) is 32.7 Å². The van der Waals surface area contributed by atoms with Crippen LogP contribution in [0.15, 0.2) is 60.7 Å². The highest BCUT2D eigenvalue weighted by atomic mass is 16.2. The molecule has 1 fully saturated rings. The largest absolute Gasteiger partial charge is 0.333 e. The molecule has 0 bridgehead atoms.